The summed E-state index contributed by atoms with van der Waals surface area (Å²) in [6, 6.07) is 11.9. The summed E-state index contributed by atoms with van der Waals surface area (Å²) >= 11 is 3.13. The molecule has 0 aliphatic heterocycles. The van der Waals surface area contributed by atoms with Crippen molar-refractivity contribution in [1.82, 2.24) is 25.2 Å². The summed E-state index contributed by atoms with van der Waals surface area (Å²) in [5, 5.41) is 15.9. The molecule has 0 saturated carbocycles. The zero-order valence-corrected chi connectivity index (χ0v) is 18.8. The minimum atomic E-state index is 0.661. The lowest BCUT2D eigenvalue weighted by Gasteiger charge is -2.10. The standard InChI is InChI=1S/C21H21N5O2S2/c1-13-7-5-9-17(14(13)2)26-21(23-24-25-26)30-12-15-11-29-20(22-15)16-8-6-10-18(27-3)19(16)28-4/h5-11H,12H2,1-4H3. The van der Waals surface area contributed by atoms with Gasteiger partial charge in [-0.05, 0) is 53.6 Å². The van der Waals surface area contributed by atoms with Gasteiger partial charge >= 0.3 is 0 Å². The van der Waals surface area contributed by atoms with E-state index in [0.717, 1.165) is 32.7 Å². The predicted molar refractivity (Wildman–Crippen MR) is 119 cm³/mol. The molecule has 0 spiro atoms. The van der Waals surface area contributed by atoms with Crippen molar-refractivity contribution in [2.75, 3.05) is 14.2 Å². The van der Waals surface area contributed by atoms with Crippen molar-refractivity contribution in [3.63, 3.8) is 0 Å². The third-order valence-electron chi connectivity index (χ3n) is 4.78. The van der Waals surface area contributed by atoms with Gasteiger partial charge in [-0.15, -0.1) is 16.4 Å². The molecule has 0 N–H and O–H groups in total. The van der Waals surface area contributed by atoms with Crippen LogP contribution in [0.2, 0.25) is 0 Å². The summed E-state index contributed by atoms with van der Waals surface area (Å²) in [5.74, 6) is 2.04. The van der Waals surface area contributed by atoms with Crippen LogP contribution in [0.5, 0.6) is 11.5 Å². The molecule has 30 heavy (non-hydrogen) atoms. The fourth-order valence-corrected chi connectivity index (χ4v) is 4.80. The maximum Gasteiger partial charge on any atom is 0.214 e. The lowest BCUT2D eigenvalue weighted by Crippen LogP contribution is -2.02. The number of thioether (sulfide) groups is 1. The highest BCUT2D eigenvalue weighted by Gasteiger charge is 2.16. The first-order chi connectivity index (χ1) is 14.6. The van der Waals surface area contributed by atoms with Crippen molar-refractivity contribution in [2.24, 2.45) is 0 Å². The van der Waals surface area contributed by atoms with E-state index in [1.165, 1.54) is 5.56 Å². The molecule has 0 amide bonds. The van der Waals surface area contributed by atoms with Crippen LogP contribution in [-0.2, 0) is 5.75 Å². The molecule has 0 saturated heterocycles. The molecule has 4 aromatic rings. The number of thiazole rings is 1. The molecule has 4 rings (SSSR count). The van der Waals surface area contributed by atoms with Gasteiger partial charge in [-0.1, -0.05) is 30.0 Å². The van der Waals surface area contributed by atoms with Crippen LogP contribution >= 0.6 is 23.1 Å². The number of para-hydroxylation sites is 1. The first-order valence-corrected chi connectivity index (χ1v) is 11.1. The Bertz CT molecular complexity index is 1170. The summed E-state index contributed by atoms with van der Waals surface area (Å²) in [7, 11) is 3.27. The fourth-order valence-electron chi connectivity index (χ4n) is 3.08. The molecule has 7 nitrogen and oxygen atoms in total. The highest BCUT2D eigenvalue weighted by molar-refractivity contribution is 7.98. The molecule has 0 radical (unpaired) electrons. The molecule has 2 aromatic heterocycles. The lowest BCUT2D eigenvalue weighted by atomic mass is 10.1. The normalized spacial score (nSPS) is 10.9. The molecule has 0 aliphatic rings. The van der Waals surface area contributed by atoms with E-state index in [1.807, 2.05) is 35.7 Å². The van der Waals surface area contributed by atoms with Crippen molar-refractivity contribution in [1.29, 1.82) is 0 Å². The second-order valence-corrected chi connectivity index (χ2v) is 8.37. The van der Waals surface area contributed by atoms with Crippen LogP contribution < -0.4 is 9.47 Å². The van der Waals surface area contributed by atoms with E-state index in [2.05, 4.69) is 35.4 Å². The maximum atomic E-state index is 5.54. The van der Waals surface area contributed by atoms with Crippen molar-refractivity contribution < 1.29 is 9.47 Å². The van der Waals surface area contributed by atoms with Crippen molar-refractivity contribution in [3.05, 3.63) is 58.6 Å². The summed E-state index contributed by atoms with van der Waals surface area (Å²) in [4.78, 5) is 4.78. The van der Waals surface area contributed by atoms with Gasteiger partial charge in [-0.3, -0.25) is 0 Å². The number of nitrogens with zero attached hydrogens (tertiary/aromatic N) is 5. The Kier molecular flexibility index (Phi) is 6.01. The number of tetrazole rings is 1. The molecule has 0 bridgehead atoms. The Labute approximate surface area is 183 Å². The van der Waals surface area contributed by atoms with Crippen molar-refractivity contribution >= 4 is 23.1 Å². The molecule has 9 heteroatoms. The average Bonchev–Trinajstić information content (AvgIpc) is 3.43. The van der Waals surface area contributed by atoms with Crippen molar-refractivity contribution in [3.8, 4) is 27.8 Å². The third kappa shape index (κ3) is 3.90. The van der Waals surface area contributed by atoms with E-state index in [9.17, 15) is 0 Å². The first-order valence-electron chi connectivity index (χ1n) is 9.26. The van der Waals surface area contributed by atoms with Gasteiger partial charge in [0.1, 0.15) is 5.01 Å². The number of rotatable bonds is 7. The summed E-state index contributed by atoms with van der Waals surface area (Å²) < 4.78 is 12.7. The van der Waals surface area contributed by atoms with E-state index >= 15 is 0 Å². The second kappa shape index (κ2) is 8.85. The van der Waals surface area contributed by atoms with Crippen LogP contribution in [0.4, 0.5) is 0 Å². The Morgan fingerprint density at radius 2 is 1.90 bits per heavy atom. The molecular weight excluding hydrogens is 418 g/mol. The zero-order valence-electron chi connectivity index (χ0n) is 17.1. The smallest absolute Gasteiger partial charge is 0.214 e. The van der Waals surface area contributed by atoms with Gasteiger partial charge in [0.15, 0.2) is 11.5 Å². The predicted octanol–water partition coefficient (Wildman–Crippen LogP) is 4.71. The summed E-state index contributed by atoms with van der Waals surface area (Å²) in [6.07, 6.45) is 0. The van der Waals surface area contributed by atoms with Gasteiger partial charge in [0.2, 0.25) is 5.16 Å². The number of aromatic nitrogens is 5. The molecule has 0 aliphatic carbocycles. The van der Waals surface area contributed by atoms with Gasteiger partial charge in [0, 0.05) is 11.1 Å². The maximum absolute atomic E-state index is 5.54. The molecule has 0 unspecified atom stereocenters. The summed E-state index contributed by atoms with van der Waals surface area (Å²) in [6.45, 7) is 4.16. The monoisotopic (exact) mass is 439 g/mol. The largest absolute Gasteiger partial charge is 0.493 e. The molecule has 2 aromatic carbocycles. The van der Waals surface area contributed by atoms with E-state index in [0.29, 0.717) is 17.3 Å². The number of methoxy groups -OCH3 is 2. The van der Waals surface area contributed by atoms with Crippen LogP contribution in [0.15, 0.2) is 46.9 Å². The van der Waals surface area contributed by atoms with Crippen LogP contribution in [-0.4, -0.2) is 39.4 Å². The minimum absolute atomic E-state index is 0.661. The van der Waals surface area contributed by atoms with Crippen LogP contribution in [0, 0.1) is 13.8 Å². The molecule has 2 heterocycles. The van der Waals surface area contributed by atoms with Gasteiger partial charge < -0.3 is 9.47 Å². The number of hydrogen-bond donors (Lipinski definition) is 0. The van der Waals surface area contributed by atoms with Gasteiger partial charge in [-0.25, -0.2) is 4.98 Å². The number of benzene rings is 2. The van der Waals surface area contributed by atoms with E-state index in [4.69, 9.17) is 14.5 Å². The number of ether oxygens (including phenoxy) is 2. The Balaban J connectivity index is 1.55. The Morgan fingerprint density at radius 3 is 2.70 bits per heavy atom. The molecule has 154 valence electrons. The SMILES string of the molecule is COc1cccc(-c2nc(CSc3nnnn3-c3cccc(C)c3C)cs2)c1OC. The average molecular weight is 440 g/mol. The van der Waals surface area contributed by atoms with Gasteiger partial charge in [0.25, 0.3) is 0 Å². The van der Waals surface area contributed by atoms with Crippen LogP contribution in [0.1, 0.15) is 16.8 Å². The summed E-state index contributed by atoms with van der Waals surface area (Å²) in [5.41, 5.74) is 5.23. The highest BCUT2D eigenvalue weighted by atomic mass is 32.2. The number of hydrogen-bond acceptors (Lipinski definition) is 8. The van der Waals surface area contributed by atoms with Crippen molar-refractivity contribution in [2.45, 2.75) is 24.8 Å². The van der Waals surface area contributed by atoms with E-state index in [-0.39, 0.29) is 0 Å². The quantitative estimate of drug-likeness (QED) is 0.386. The Hall–Kier alpha value is -2.91. The minimum Gasteiger partial charge on any atom is -0.493 e. The molecule has 0 fully saturated rings. The van der Waals surface area contributed by atoms with Crippen LogP contribution in [0.3, 0.4) is 0 Å². The number of aryl methyl sites for hydroxylation is 1. The fraction of sp³-hybridized carbons (Fsp3) is 0.238. The second-order valence-electron chi connectivity index (χ2n) is 6.57. The Morgan fingerprint density at radius 1 is 1.07 bits per heavy atom. The first kappa shape index (κ1) is 20.4. The highest BCUT2D eigenvalue weighted by Crippen LogP contribution is 2.39. The third-order valence-corrected chi connectivity index (χ3v) is 6.66. The lowest BCUT2D eigenvalue weighted by molar-refractivity contribution is 0.356. The topological polar surface area (TPSA) is 75.0 Å². The van der Waals surface area contributed by atoms with Gasteiger partial charge in [-0.2, -0.15) is 4.68 Å². The van der Waals surface area contributed by atoms with Gasteiger partial charge in [0.05, 0.1) is 31.2 Å². The van der Waals surface area contributed by atoms with E-state index in [1.54, 1.807) is 42.0 Å². The van der Waals surface area contributed by atoms with Crippen LogP contribution in [0.25, 0.3) is 16.3 Å². The van der Waals surface area contributed by atoms with E-state index < -0.39 is 0 Å². The molecular formula is C21H21N5O2S2. The molecule has 0 atom stereocenters. The zero-order chi connectivity index (χ0) is 21.1.